The molecule has 0 unspecified atom stereocenters. The van der Waals surface area contributed by atoms with Gasteiger partial charge in [0.15, 0.2) is 11.0 Å². The van der Waals surface area contributed by atoms with Gasteiger partial charge in [-0.2, -0.15) is 0 Å². The van der Waals surface area contributed by atoms with Crippen LogP contribution in [0.5, 0.6) is 0 Å². The van der Waals surface area contributed by atoms with E-state index in [1.165, 1.54) is 3.57 Å². The predicted molar refractivity (Wildman–Crippen MR) is 85.2 cm³/mol. The van der Waals surface area contributed by atoms with Gasteiger partial charge in [0.2, 0.25) is 0 Å². The van der Waals surface area contributed by atoms with Gasteiger partial charge in [0.1, 0.15) is 0 Å². The lowest BCUT2D eigenvalue weighted by molar-refractivity contribution is 0.793. The maximum atomic E-state index is 5.67. The maximum absolute atomic E-state index is 5.67. The van der Waals surface area contributed by atoms with Crippen molar-refractivity contribution in [1.82, 2.24) is 14.8 Å². The summed E-state index contributed by atoms with van der Waals surface area (Å²) in [4.78, 5) is 0. The summed E-state index contributed by atoms with van der Waals surface area (Å²) in [6.45, 7) is 0. The van der Waals surface area contributed by atoms with Crippen molar-refractivity contribution in [2.24, 2.45) is 7.05 Å². The monoisotopic (exact) mass is 393 g/mol. The van der Waals surface area contributed by atoms with Crippen molar-refractivity contribution in [3.8, 4) is 11.4 Å². The summed E-state index contributed by atoms with van der Waals surface area (Å²) >= 11 is 9.65. The van der Waals surface area contributed by atoms with Crippen LogP contribution >= 0.6 is 46.0 Å². The third kappa shape index (κ3) is 3.39. The lowest BCUT2D eigenvalue weighted by Crippen LogP contribution is -1.95. The van der Waals surface area contributed by atoms with Crippen LogP contribution in [0.25, 0.3) is 11.4 Å². The zero-order valence-corrected chi connectivity index (χ0v) is 13.7. The van der Waals surface area contributed by atoms with E-state index in [0.29, 0.717) is 5.88 Å². The molecule has 2 aromatic rings. The first-order valence-corrected chi connectivity index (χ1v) is 8.16. The largest absolute Gasteiger partial charge is 0.305 e. The molecule has 0 aliphatic heterocycles. The molecule has 0 atom stereocenters. The quantitative estimate of drug-likeness (QED) is 0.335. The van der Waals surface area contributed by atoms with Gasteiger partial charge in [-0.1, -0.05) is 23.9 Å². The first-order chi connectivity index (χ1) is 8.72. The first kappa shape index (κ1) is 14.1. The SMILES string of the molecule is Cn1c(SCCCCl)nnc1-c1ccc(I)cc1. The number of hydrogen-bond donors (Lipinski definition) is 0. The van der Waals surface area contributed by atoms with E-state index < -0.39 is 0 Å². The van der Waals surface area contributed by atoms with Crippen molar-refractivity contribution in [2.45, 2.75) is 11.6 Å². The minimum Gasteiger partial charge on any atom is -0.305 e. The lowest BCUT2D eigenvalue weighted by Gasteiger charge is -2.03. The number of halogens is 2. The molecule has 0 aliphatic rings. The van der Waals surface area contributed by atoms with Gasteiger partial charge in [0.25, 0.3) is 0 Å². The number of benzene rings is 1. The highest BCUT2D eigenvalue weighted by Crippen LogP contribution is 2.23. The van der Waals surface area contributed by atoms with Crippen molar-refractivity contribution in [1.29, 1.82) is 0 Å². The molecule has 0 spiro atoms. The zero-order chi connectivity index (χ0) is 13.0. The molecule has 0 fully saturated rings. The molecule has 1 heterocycles. The summed E-state index contributed by atoms with van der Waals surface area (Å²) in [6.07, 6.45) is 0.984. The number of aromatic nitrogens is 3. The average molecular weight is 394 g/mol. The Hall–Kier alpha value is -0.270. The molecule has 6 heteroatoms. The molecule has 0 amide bonds. The Morgan fingerprint density at radius 3 is 2.67 bits per heavy atom. The molecular formula is C12H13ClIN3S. The summed E-state index contributed by atoms with van der Waals surface area (Å²) in [6, 6.07) is 8.29. The van der Waals surface area contributed by atoms with E-state index in [1.54, 1.807) is 11.8 Å². The van der Waals surface area contributed by atoms with Crippen LogP contribution in [0.1, 0.15) is 6.42 Å². The van der Waals surface area contributed by atoms with E-state index in [0.717, 1.165) is 28.7 Å². The number of rotatable bonds is 5. The molecule has 0 aliphatic carbocycles. The van der Waals surface area contributed by atoms with Gasteiger partial charge >= 0.3 is 0 Å². The van der Waals surface area contributed by atoms with E-state index in [-0.39, 0.29) is 0 Å². The maximum Gasteiger partial charge on any atom is 0.191 e. The van der Waals surface area contributed by atoms with Gasteiger partial charge in [0, 0.05) is 27.8 Å². The summed E-state index contributed by atoms with van der Waals surface area (Å²) in [5.41, 5.74) is 1.09. The van der Waals surface area contributed by atoms with Crippen LogP contribution in [0.15, 0.2) is 29.4 Å². The average Bonchev–Trinajstić information content (AvgIpc) is 2.73. The number of thioether (sulfide) groups is 1. The molecule has 0 saturated carbocycles. The molecule has 3 nitrogen and oxygen atoms in total. The van der Waals surface area contributed by atoms with Crippen molar-refractivity contribution in [3.05, 3.63) is 27.8 Å². The standard InChI is InChI=1S/C12H13ClIN3S/c1-17-11(9-3-5-10(14)6-4-9)15-16-12(17)18-8-2-7-13/h3-6H,2,7-8H2,1H3. The van der Waals surface area contributed by atoms with Gasteiger partial charge < -0.3 is 4.57 Å². The van der Waals surface area contributed by atoms with Crippen molar-refractivity contribution in [3.63, 3.8) is 0 Å². The Labute approximate surface area is 129 Å². The Bertz CT molecular complexity index is 513. The van der Waals surface area contributed by atoms with E-state index in [2.05, 4.69) is 57.1 Å². The Morgan fingerprint density at radius 2 is 2.00 bits per heavy atom. The van der Waals surface area contributed by atoms with Crippen molar-refractivity contribution in [2.75, 3.05) is 11.6 Å². The summed E-state index contributed by atoms with van der Waals surface area (Å²) in [7, 11) is 2.00. The molecule has 2 rings (SSSR count). The van der Waals surface area contributed by atoms with Crippen LogP contribution in [-0.4, -0.2) is 26.4 Å². The first-order valence-electron chi connectivity index (χ1n) is 5.56. The second kappa shape index (κ2) is 6.77. The molecular weight excluding hydrogens is 381 g/mol. The Kier molecular flexibility index (Phi) is 5.32. The van der Waals surface area contributed by atoms with Gasteiger partial charge in [-0.05, 0) is 41.1 Å². The van der Waals surface area contributed by atoms with Crippen LogP contribution < -0.4 is 0 Å². The van der Waals surface area contributed by atoms with Crippen molar-refractivity contribution < 1.29 is 0 Å². The highest BCUT2D eigenvalue weighted by molar-refractivity contribution is 14.1. The van der Waals surface area contributed by atoms with Crippen LogP contribution in [0.3, 0.4) is 0 Å². The molecule has 1 aromatic carbocycles. The Balaban J connectivity index is 2.17. The fourth-order valence-electron chi connectivity index (χ4n) is 1.51. The lowest BCUT2D eigenvalue weighted by atomic mass is 10.2. The summed E-state index contributed by atoms with van der Waals surface area (Å²) < 4.78 is 3.25. The van der Waals surface area contributed by atoms with Crippen LogP contribution in [-0.2, 0) is 7.05 Å². The van der Waals surface area contributed by atoms with E-state index in [4.69, 9.17) is 11.6 Å². The molecule has 96 valence electrons. The second-order valence-corrected chi connectivity index (χ2v) is 6.45. The van der Waals surface area contributed by atoms with Gasteiger partial charge in [-0.25, -0.2) is 0 Å². The topological polar surface area (TPSA) is 30.7 Å². The van der Waals surface area contributed by atoms with Gasteiger partial charge in [0.05, 0.1) is 0 Å². The van der Waals surface area contributed by atoms with Gasteiger partial charge in [-0.15, -0.1) is 21.8 Å². The van der Waals surface area contributed by atoms with E-state index in [9.17, 15) is 0 Å². The van der Waals surface area contributed by atoms with Crippen molar-refractivity contribution >= 4 is 46.0 Å². The zero-order valence-electron chi connectivity index (χ0n) is 9.94. The molecule has 0 N–H and O–H groups in total. The summed E-state index contributed by atoms with van der Waals surface area (Å²) in [5, 5.41) is 9.41. The van der Waals surface area contributed by atoms with Gasteiger partial charge in [-0.3, -0.25) is 0 Å². The molecule has 0 radical (unpaired) electrons. The fourth-order valence-corrected chi connectivity index (χ4v) is 3.01. The highest BCUT2D eigenvalue weighted by atomic mass is 127. The number of alkyl halides is 1. The van der Waals surface area contributed by atoms with Crippen LogP contribution in [0, 0.1) is 3.57 Å². The normalized spacial score (nSPS) is 10.8. The molecule has 1 aromatic heterocycles. The minimum absolute atomic E-state index is 0.689. The smallest absolute Gasteiger partial charge is 0.191 e. The number of nitrogens with zero attached hydrogens (tertiary/aromatic N) is 3. The second-order valence-electron chi connectivity index (χ2n) is 3.76. The third-order valence-electron chi connectivity index (χ3n) is 2.45. The highest BCUT2D eigenvalue weighted by Gasteiger charge is 2.10. The summed E-state index contributed by atoms with van der Waals surface area (Å²) in [5.74, 6) is 2.57. The van der Waals surface area contributed by atoms with Crippen LogP contribution in [0.2, 0.25) is 0 Å². The fraction of sp³-hybridized carbons (Fsp3) is 0.333. The molecule has 0 bridgehead atoms. The molecule has 0 saturated heterocycles. The molecule has 18 heavy (non-hydrogen) atoms. The number of hydrogen-bond acceptors (Lipinski definition) is 3. The Morgan fingerprint density at radius 1 is 1.28 bits per heavy atom. The minimum atomic E-state index is 0.689. The van der Waals surface area contributed by atoms with E-state index in [1.807, 2.05) is 11.6 Å². The predicted octanol–water partition coefficient (Wildman–Crippen LogP) is 3.81. The third-order valence-corrected chi connectivity index (χ3v) is 4.54. The van der Waals surface area contributed by atoms with E-state index >= 15 is 0 Å². The van der Waals surface area contributed by atoms with Crippen LogP contribution in [0.4, 0.5) is 0 Å².